The van der Waals surface area contributed by atoms with Gasteiger partial charge in [0.05, 0.1) is 11.2 Å². The average molecular weight is 304 g/mol. The molecule has 2 heterocycles. The van der Waals surface area contributed by atoms with Gasteiger partial charge in [0, 0.05) is 22.7 Å². The number of nitrogen functional groups attached to an aromatic ring is 1. The van der Waals surface area contributed by atoms with Gasteiger partial charge in [0.25, 0.3) is 0 Å². The van der Waals surface area contributed by atoms with Crippen LogP contribution in [0.4, 0.5) is 10.2 Å². The normalized spacial score (nSPS) is 10.4. The lowest BCUT2D eigenvalue weighted by Gasteiger charge is -2.11. The van der Waals surface area contributed by atoms with Crippen molar-refractivity contribution in [1.82, 2.24) is 9.97 Å². The molecule has 0 spiro atoms. The highest BCUT2D eigenvalue weighted by Gasteiger charge is 2.15. The van der Waals surface area contributed by atoms with Crippen LogP contribution >= 0.6 is 12.4 Å². The second-order valence-electron chi connectivity index (χ2n) is 4.58. The number of pyridine rings is 2. The summed E-state index contributed by atoms with van der Waals surface area (Å²) in [7, 11) is 0. The molecular formula is C16H15ClFN3. The molecule has 3 nitrogen and oxygen atoms in total. The number of hydrogen-bond donors (Lipinski definition) is 1. The van der Waals surface area contributed by atoms with E-state index in [1.54, 1.807) is 18.3 Å². The van der Waals surface area contributed by atoms with Gasteiger partial charge in [-0.3, -0.25) is 4.98 Å². The van der Waals surface area contributed by atoms with Crippen molar-refractivity contribution >= 4 is 29.1 Å². The van der Waals surface area contributed by atoms with Crippen molar-refractivity contribution in [3.63, 3.8) is 0 Å². The number of aryl methyl sites for hydroxylation is 1. The van der Waals surface area contributed by atoms with Crippen molar-refractivity contribution in [3.05, 3.63) is 54.1 Å². The molecule has 3 aromatic rings. The summed E-state index contributed by atoms with van der Waals surface area (Å²) in [5, 5.41) is 0.905. The fourth-order valence-corrected chi connectivity index (χ4v) is 2.39. The number of rotatable bonds is 2. The lowest BCUT2D eigenvalue weighted by atomic mass is 9.99. The van der Waals surface area contributed by atoms with Crippen LogP contribution < -0.4 is 5.73 Å². The van der Waals surface area contributed by atoms with Crippen LogP contribution in [0.3, 0.4) is 0 Å². The first-order chi connectivity index (χ1) is 9.70. The van der Waals surface area contributed by atoms with Crippen LogP contribution in [0.15, 0.2) is 42.6 Å². The van der Waals surface area contributed by atoms with Crippen LogP contribution in [0.25, 0.3) is 22.0 Å². The van der Waals surface area contributed by atoms with E-state index in [-0.39, 0.29) is 18.2 Å². The van der Waals surface area contributed by atoms with Crippen molar-refractivity contribution in [2.24, 2.45) is 0 Å². The highest BCUT2D eigenvalue weighted by Crippen LogP contribution is 2.32. The predicted molar refractivity (Wildman–Crippen MR) is 86.0 cm³/mol. The Hall–Kier alpha value is -2.20. The summed E-state index contributed by atoms with van der Waals surface area (Å²) in [4.78, 5) is 8.62. The maximum Gasteiger partial charge on any atom is 0.133 e. The molecule has 0 atom stereocenters. The Balaban J connectivity index is 0.00000161. The molecule has 0 amide bonds. The van der Waals surface area contributed by atoms with Gasteiger partial charge in [0.15, 0.2) is 0 Å². The van der Waals surface area contributed by atoms with Crippen LogP contribution in [0.2, 0.25) is 0 Å². The van der Waals surface area contributed by atoms with E-state index in [1.165, 1.54) is 6.07 Å². The molecule has 0 aliphatic carbocycles. The number of anilines is 1. The third-order valence-corrected chi connectivity index (χ3v) is 3.32. The number of aromatic nitrogens is 2. The van der Waals surface area contributed by atoms with Gasteiger partial charge in [-0.15, -0.1) is 12.4 Å². The van der Waals surface area contributed by atoms with Gasteiger partial charge in [0.1, 0.15) is 11.6 Å². The molecule has 0 bridgehead atoms. The molecule has 0 radical (unpaired) electrons. The smallest absolute Gasteiger partial charge is 0.133 e. The Morgan fingerprint density at radius 3 is 2.71 bits per heavy atom. The third-order valence-electron chi connectivity index (χ3n) is 3.32. The van der Waals surface area contributed by atoms with Crippen molar-refractivity contribution in [2.45, 2.75) is 13.3 Å². The molecule has 2 aromatic heterocycles. The minimum atomic E-state index is -0.294. The van der Waals surface area contributed by atoms with Gasteiger partial charge in [-0.25, -0.2) is 9.37 Å². The second-order valence-corrected chi connectivity index (χ2v) is 4.58. The lowest BCUT2D eigenvalue weighted by molar-refractivity contribution is 0.632. The largest absolute Gasteiger partial charge is 0.384 e. The summed E-state index contributed by atoms with van der Waals surface area (Å²) in [5.74, 6) is 0.150. The Bertz CT molecular complexity index is 790. The fourth-order valence-electron chi connectivity index (χ4n) is 2.39. The zero-order chi connectivity index (χ0) is 14.1. The van der Waals surface area contributed by atoms with Crippen molar-refractivity contribution in [3.8, 4) is 11.1 Å². The Morgan fingerprint density at radius 2 is 1.95 bits per heavy atom. The van der Waals surface area contributed by atoms with Gasteiger partial charge in [0.2, 0.25) is 0 Å². The minimum absolute atomic E-state index is 0. The van der Waals surface area contributed by atoms with Gasteiger partial charge >= 0.3 is 0 Å². The number of halogens is 2. The third kappa shape index (κ3) is 2.67. The zero-order valence-electron chi connectivity index (χ0n) is 11.5. The Kier molecular flexibility index (Phi) is 4.38. The van der Waals surface area contributed by atoms with E-state index >= 15 is 0 Å². The first kappa shape index (κ1) is 15.2. The van der Waals surface area contributed by atoms with Gasteiger partial charge < -0.3 is 5.73 Å². The van der Waals surface area contributed by atoms with E-state index in [4.69, 9.17) is 5.73 Å². The maximum atomic E-state index is 14.3. The summed E-state index contributed by atoms with van der Waals surface area (Å²) in [6.07, 6.45) is 2.35. The van der Waals surface area contributed by atoms with Gasteiger partial charge in [-0.1, -0.05) is 13.0 Å². The SMILES string of the molecule is CCc1nc(N)ccc1-c1c(F)ccc2cccnc12.Cl. The summed E-state index contributed by atoms with van der Waals surface area (Å²) >= 11 is 0. The van der Waals surface area contributed by atoms with Crippen LogP contribution in [-0.2, 0) is 6.42 Å². The maximum absolute atomic E-state index is 14.3. The van der Waals surface area contributed by atoms with Crippen LogP contribution in [-0.4, -0.2) is 9.97 Å². The number of fused-ring (bicyclic) bond motifs is 1. The molecule has 0 aliphatic heterocycles. The van der Waals surface area contributed by atoms with Crippen LogP contribution in [0.1, 0.15) is 12.6 Å². The molecule has 0 saturated carbocycles. The molecule has 0 aliphatic rings. The Morgan fingerprint density at radius 1 is 1.14 bits per heavy atom. The van der Waals surface area contributed by atoms with E-state index in [1.807, 2.05) is 25.1 Å². The quantitative estimate of drug-likeness (QED) is 0.778. The fraction of sp³-hybridized carbons (Fsp3) is 0.125. The predicted octanol–water partition coefficient (Wildman–Crippen LogP) is 4.00. The number of benzene rings is 1. The van der Waals surface area contributed by atoms with Crippen LogP contribution in [0, 0.1) is 5.82 Å². The van der Waals surface area contributed by atoms with E-state index in [0.717, 1.165) is 16.6 Å². The summed E-state index contributed by atoms with van der Waals surface area (Å²) in [6.45, 7) is 1.97. The van der Waals surface area contributed by atoms with Crippen molar-refractivity contribution in [1.29, 1.82) is 0 Å². The molecule has 108 valence electrons. The number of nitrogens with two attached hydrogens (primary N) is 1. The van der Waals surface area contributed by atoms with E-state index < -0.39 is 0 Å². The molecule has 0 unspecified atom stereocenters. The highest BCUT2D eigenvalue weighted by atomic mass is 35.5. The highest BCUT2D eigenvalue weighted by molar-refractivity contribution is 5.94. The first-order valence-electron chi connectivity index (χ1n) is 6.49. The lowest BCUT2D eigenvalue weighted by Crippen LogP contribution is -1.99. The van der Waals surface area contributed by atoms with Crippen molar-refractivity contribution < 1.29 is 4.39 Å². The molecule has 21 heavy (non-hydrogen) atoms. The molecular weight excluding hydrogens is 289 g/mol. The topological polar surface area (TPSA) is 51.8 Å². The monoisotopic (exact) mass is 303 g/mol. The average Bonchev–Trinajstić information content (AvgIpc) is 2.48. The second kappa shape index (κ2) is 6.06. The first-order valence-corrected chi connectivity index (χ1v) is 6.49. The van der Waals surface area contributed by atoms with E-state index in [9.17, 15) is 4.39 Å². The number of hydrogen-bond acceptors (Lipinski definition) is 3. The molecule has 5 heteroatoms. The molecule has 3 rings (SSSR count). The molecule has 2 N–H and O–H groups in total. The zero-order valence-corrected chi connectivity index (χ0v) is 12.3. The summed E-state index contributed by atoms with van der Waals surface area (Å²) < 4.78 is 14.3. The molecule has 0 saturated heterocycles. The standard InChI is InChI=1S/C16H14FN3.ClH/c1-2-13-11(6-8-14(18)20-13)15-12(17)7-5-10-4-3-9-19-16(10)15;/h3-9H,2H2,1H3,(H2,18,20);1H. The molecule has 1 aromatic carbocycles. The minimum Gasteiger partial charge on any atom is -0.384 e. The van der Waals surface area contributed by atoms with Crippen LogP contribution in [0.5, 0.6) is 0 Å². The Labute approximate surface area is 128 Å². The summed E-state index contributed by atoms with van der Waals surface area (Å²) in [5.41, 5.74) is 8.38. The van der Waals surface area contributed by atoms with Gasteiger partial charge in [-0.05, 0) is 36.8 Å². The van der Waals surface area contributed by atoms with Crippen molar-refractivity contribution in [2.75, 3.05) is 5.73 Å². The van der Waals surface area contributed by atoms with E-state index in [2.05, 4.69) is 9.97 Å². The molecule has 0 fully saturated rings. The number of nitrogens with zero attached hydrogens (tertiary/aromatic N) is 2. The summed E-state index contributed by atoms with van der Waals surface area (Å²) in [6, 6.07) is 10.5. The van der Waals surface area contributed by atoms with Gasteiger partial charge in [-0.2, -0.15) is 0 Å². The van der Waals surface area contributed by atoms with E-state index in [0.29, 0.717) is 23.3 Å².